The molecule has 15 heavy (non-hydrogen) atoms. The van der Waals surface area contributed by atoms with E-state index in [1.165, 1.54) is 0 Å². The van der Waals surface area contributed by atoms with E-state index in [0.29, 0.717) is 18.9 Å². The maximum atomic E-state index is 10.8. The zero-order valence-corrected chi connectivity index (χ0v) is 8.59. The second-order valence-electron chi connectivity index (χ2n) is 3.54. The molecule has 0 bridgehead atoms. The fraction of sp³-hybridized carbons (Fsp3) is 0.500. The number of morpholine rings is 1. The first-order valence-electron chi connectivity index (χ1n) is 4.94. The van der Waals surface area contributed by atoms with Gasteiger partial charge in [-0.25, -0.2) is 0 Å². The van der Waals surface area contributed by atoms with Crippen molar-refractivity contribution >= 4 is 12.0 Å². The lowest BCUT2D eigenvalue weighted by Crippen LogP contribution is -2.44. The normalized spacial score (nSPS) is 21.4. The van der Waals surface area contributed by atoms with Crippen molar-refractivity contribution in [3.8, 4) is 0 Å². The zero-order chi connectivity index (χ0) is 10.7. The van der Waals surface area contributed by atoms with Gasteiger partial charge in [0.1, 0.15) is 5.69 Å². The van der Waals surface area contributed by atoms with Crippen molar-refractivity contribution in [3.63, 3.8) is 0 Å². The zero-order valence-electron chi connectivity index (χ0n) is 8.59. The second kappa shape index (κ2) is 4.35. The quantitative estimate of drug-likeness (QED) is 0.661. The van der Waals surface area contributed by atoms with Gasteiger partial charge in [0.05, 0.1) is 25.1 Å². The molecule has 2 rings (SSSR count). The predicted molar refractivity (Wildman–Crippen MR) is 55.0 cm³/mol. The average Bonchev–Trinajstić information content (AvgIpc) is 2.30. The van der Waals surface area contributed by atoms with E-state index in [2.05, 4.69) is 22.0 Å². The van der Waals surface area contributed by atoms with E-state index in [1.54, 1.807) is 6.20 Å². The van der Waals surface area contributed by atoms with E-state index in [-0.39, 0.29) is 6.04 Å². The molecule has 1 atom stereocenters. The van der Waals surface area contributed by atoms with Gasteiger partial charge in [-0.05, 0) is 13.0 Å². The number of carbonyl (C=O) groups is 1. The van der Waals surface area contributed by atoms with Crippen LogP contribution in [0.4, 0.5) is 5.69 Å². The van der Waals surface area contributed by atoms with Crippen molar-refractivity contribution in [1.29, 1.82) is 0 Å². The van der Waals surface area contributed by atoms with Crippen LogP contribution in [0.5, 0.6) is 0 Å². The molecule has 0 aliphatic carbocycles. The molecular formula is C10H13N3O2. The summed E-state index contributed by atoms with van der Waals surface area (Å²) in [6.07, 6.45) is 2.34. The Balaban J connectivity index is 2.30. The minimum Gasteiger partial charge on any atom is -0.377 e. The molecule has 1 aliphatic heterocycles. The Morgan fingerprint density at radius 3 is 3.27 bits per heavy atom. The molecule has 5 heteroatoms. The molecule has 0 amide bonds. The van der Waals surface area contributed by atoms with E-state index >= 15 is 0 Å². The standard InChI is InChI=1S/C10H13N3O2/c1-8-7-15-5-4-13(8)10-2-3-11-12-9(10)6-14/h2-3,6,8H,4-5,7H2,1H3. The number of ether oxygens (including phenoxy) is 1. The summed E-state index contributed by atoms with van der Waals surface area (Å²) in [5, 5.41) is 7.50. The van der Waals surface area contributed by atoms with Crippen LogP contribution >= 0.6 is 0 Å². The van der Waals surface area contributed by atoms with Gasteiger partial charge in [0.15, 0.2) is 6.29 Å². The predicted octanol–water partition coefficient (Wildman–Crippen LogP) is 0.514. The SMILES string of the molecule is CC1COCCN1c1ccnnc1C=O. The molecule has 0 spiro atoms. The van der Waals surface area contributed by atoms with E-state index in [0.717, 1.165) is 18.5 Å². The molecule has 1 saturated heterocycles. The Morgan fingerprint density at radius 1 is 1.67 bits per heavy atom. The molecule has 0 radical (unpaired) electrons. The van der Waals surface area contributed by atoms with Crippen LogP contribution < -0.4 is 4.90 Å². The van der Waals surface area contributed by atoms with Crippen molar-refractivity contribution in [3.05, 3.63) is 18.0 Å². The Hall–Kier alpha value is -1.49. The van der Waals surface area contributed by atoms with Gasteiger partial charge in [-0.3, -0.25) is 4.79 Å². The molecule has 1 unspecified atom stereocenters. The minimum atomic E-state index is 0.265. The highest BCUT2D eigenvalue weighted by Gasteiger charge is 2.21. The summed E-state index contributed by atoms with van der Waals surface area (Å²) in [4.78, 5) is 12.9. The van der Waals surface area contributed by atoms with Gasteiger partial charge in [0.2, 0.25) is 0 Å². The molecule has 0 N–H and O–H groups in total. The van der Waals surface area contributed by atoms with Crippen molar-refractivity contribution in [2.24, 2.45) is 0 Å². The first-order chi connectivity index (χ1) is 7.33. The smallest absolute Gasteiger partial charge is 0.172 e. The third-order valence-corrected chi connectivity index (χ3v) is 2.52. The maximum absolute atomic E-state index is 10.8. The molecule has 1 aromatic rings. The summed E-state index contributed by atoms with van der Waals surface area (Å²) < 4.78 is 5.34. The van der Waals surface area contributed by atoms with Gasteiger partial charge >= 0.3 is 0 Å². The molecular weight excluding hydrogens is 194 g/mol. The lowest BCUT2D eigenvalue weighted by Gasteiger charge is -2.35. The number of rotatable bonds is 2. The first kappa shape index (κ1) is 10.0. The van der Waals surface area contributed by atoms with E-state index in [1.807, 2.05) is 6.07 Å². The largest absolute Gasteiger partial charge is 0.377 e. The van der Waals surface area contributed by atoms with Gasteiger partial charge in [0, 0.05) is 12.6 Å². The number of carbonyl (C=O) groups excluding carboxylic acids is 1. The second-order valence-corrected chi connectivity index (χ2v) is 3.54. The summed E-state index contributed by atoms with van der Waals surface area (Å²) in [5.41, 5.74) is 1.24. The lowest BCUT2D eigenvalue weighted by molar-refractivity contribution is 0.0984. The highest BCUT2D eigenvalue weighted by atomic mass is 16.5. The van der Waals surface area contributed by atoms with Crippen LogP contribution in [0.3, 0.4) is 0 Å². The van der Waals surface area contributed by atoms with E-state index in [4.69, 9.17) is 4.74 Å². The molecule has 5 nitrogen and oxygen atoms in total. The fourth-order valence-electron chi connectivity index (χ4n) is 1.75. The van der Waals surface area contributed by atoms with Gasteiger partial charge in [-0.15, -0.1) is 5.10 Å². The summed E-state index contributed by atoms with van der Waals surface area (Å²) in [5.74, 6) is 0. The minimum absolute atomic E-state index is 0.265. The number of anilines is 1. The Kier molecular flexibility index (Phi) is 2.91. The highest BCUT2D eigenvalue weighted by molar-refractivity contribution is 5.81. The molecule has 0 saturated carbocycles. The molecule has 80 valence electrons. The lowest BCUT2D eigenvalue weighted by atomic mass is 10.2. The van der Waals surface area contributed by atoms with E-state index < -0.39 is 0 Å². The molecule has 1 aliphatic rings. The van der Waals surface area contributed by atoms with Crippen LogP contribution in [0.25, 0.3) is 0 Å². The van der Waals surface area contributed by atoms with Crippen LogP contribution in [0.2, 0.25) is 0 Å². The summed E-state index contributed by atoms with van der Waals surface area (Å²) >= 11 is 0. The summed E-state index contributed by atoms with van der Waals surface area (Å²) in [6, 6.07) is 2.08. The van der Waals surface area contributed by atoms with Crippen molar-refractivity contribution in [2.75, 3.05) is 24.7 Å². The number of aldehydes is 1. The summed E-state index contributed by atoms with van der Waals surface area (Å²) in [6.45, 7) is 4.22. The first-order valence-corrected chi connectivity index (χ1v) is 4.94. The monoisotopic (exact) mass is 207 g/mol. The number of nitrogens with zero attached hydrogens (tertiary/aromatic N) is 3. The molecule has 0 aromatic carbocycles. The Morgan fingerprint density at radius 2 is 2.53 bits per heavy atom. The van der Waals surface area contributed by atoms with Crippen LogP contribution in [0.1, 0.15) is 17.4 Å². The summed E-state index contributed by atoms with van der Waals surface area (Å²) in [7, 11) is 0. The van der Waals surface area contributed by atoms with Crippen molar-refractivity contribution < 1.29 is 9.53 Å². The number of hydrogen-bond donors (Lipinski definition) is 0. The van der Waals surface area contributed by atoms with Gasteiger partial charge in [-0.1, -0.05) is 0 Å². The third-order valence-electron chi connectivity index (χ3n) is 2.52. The Bertz CT molecular complexity index is 356. The van der Waals surface area contributed by atoms with Gasteiger partial charge < -0.3 is 9.64 Å². The van der Waals surface area contributed by atoms with E-state index in [9.17, 15) is 4.79 Å². The van der Waals surface area contributed by atoms with Crippen LogP contribution in [0, 0.1) is 0 Å². The Labute approximate surface area is 88.1 Å². The maximum Gasteiger partial charge on any atom is 0.172 e. The van der Waals surface area contributed by atoms with Crippen molar-refractivity contribution in [1.82, 2.24) is 10.2 Å². The molecule has 2 heterocycles. The molecule has 1 fully saturated rings. The highest BCUT2D eigenvalue weighted by Crippen LogP contribution is 2.20. The van der Waals surface area contributed by atoms with Crippen LogP contribution in [0.15, 0.2) is 12.3 Å². The van der Waals surface area contributed by atoms with Crippen molar-refractivity contribution in [2.45, 2.75) is 13.0 Å². The topological polar surface area (TPSA) is 55.3 Å². The van der Waals surface area contributed by atoms with Gasteiger partial charge in [-0.2, -0.15) is 5.10 Å². The van der Waals surface area contributed by atoms with Crippen LogP contribution in [-0.2, 0) is 4.74 Å². The average molecular weight is 207 g/mol. The molecule has 1 aromatic heterocycles. The number of hydrogen-bond acceptors (Lipinski definition) is 5. The van der Waals surface area contributed by atoms with Gasteiger partial charge in [0.25, 0.3) is 0 Å². The third kappa shape index (κ3) is 1.97. The van der Waals surface area contributed by atoms with Crippen LogP contribution in [-0.4, -0.2) is 42.3 Å². The fourth-order valence-corrected chi connectivity index (χ4v) is 1.75. The number of aromatic nitrogens is 2.